The number of amides is 1. The lowest BCUT2D eigenvalue weighted by atomic mass is 10.1. The predicted molar refractivity (Wildman–Crippen MR) is 82.3 cm³/mol. The summed E-state index contributed by atoms with van der Waals surface area (Å²) in [5.74, 6) is -0.00980. The minimum atomic E-state index is -0.00980. The van der Waals surface area contributed by atoms with E-state index in [4.69, 9.17) is 0 Å². The van der Waals surface area contributed by atoms with E-state index in [-0.39, 0.29) is 5.91 Å². The van der Waals surface area contributed by atoms with Crippen LogP contribution in [0.5, 0.6) is 0 Å². The van der Waals surface area contributed by atoms with E-state index in [0.717, 1.165) is 32.4 Å². The highest BCUT2D eigenvalue weighted by Crippen LogP contribution is 2.18. The van der Waals surface area contributed by atoms with Crippen molar-refractivity contribution in [2.24, 2.45) is 0 Å². The molecule has 1 aromatic rings. The van der Waals surface area contributed by atoms with Crippen LogP contribution in [-0.2, 0) is 0 Å². The monoisotopic (exact) mass is 290 g/mol. The first-order valence-corrected chi connectivity index (χ1v) is 8.39. The standard InChI is InChI=1S/C16H26N4O/c21-16(18-13-6-3-1-2-4-7-13)15-9-11-20(19-15)14-8-5-10-17-12-14/h9,11,13-14,17H,1-8,10,12H2,(H,18,21). The maximum Gasteiger partial charge on any atom is 0.271 e. The Kier molecular flexibility index (Phi) is 4.91. The van der Waals surface area contributed by atoms with Gasteiger partial charge in [0, 0.05) is 18.8 Å². The molecule has 2 heterocycles. The molecule has 1 aliphatic carbocycles. The highest BCUT2D eigenvalue weighted by molar-refractivity contribution is 5.92. The molecule has 1 aliphatic heterocycles. The van der Waals surface area contributed by atoms with Crippen molar-refractivity contribution in [3.8, 4) is 0 Å². The van der Waals surface area contributed by atoms with Gasteiger partial charge in [-0.05, 0) is 38.3 Å². The van der Waals surface area contributed by atoms with Crippen molar-refractivity contribution < 1.29 is 4.79 Å². The maximum atomic E-state index is 12.3. The van der Waals surface area contributed by atoms with Gasteiger partial charge in [-0.15, -0.1) is 0 Å². The fraction of sp³-hybridized carbons (Fsp3) is 0.750. The molecule has 2 aliphatic rings. The van der Waals surface area contributed by atoms with Crippen LogP contribution < -0.4 is 10.6 Å². The van der Waals surface area contributed by atoms with Gasteiger partial charge in [-0.2, -0.15) is 5.10 Å². The summed E-state index contributed by atoms with van der Waals surface area (Å²) in [7, 11) is 0. The van der Waals surface area contributed by atoms with Gasteiger partial charge in [0.1, 0.15) is 5.69 Å². The van der Waals surface area contributed by atoms with Crippen LogP contribution in [0, 0.1) is 0 Å². The molecule has 1 atom stereocenters. The Balaban J connectivity index is 1.58. The molecule has 5 nitrogen and oxygen atoms in total. The van der Waals surface area contributed by atoms with Crippen molar-refractivity contribution >= 4 is 5.91 Å². The first-order valence-electron chi connectivity index (χ1n) is 8.39. The number of nitrogens with zero attached hydrogens (tertiary/aromatic N) is 2. The zero-order valence-electron chi connectivity index (χ0n) is 12.7. The van der Waals surface area contributed by atoms with E-state index in [9.17, 15) is 4.79 Å². The van der Waals surface area contributed by atoms with Gasteiger partial charge in [0.15, 0.2) is 0 Å². The highest BCUT2D eigenvalue weighted by atomic mass is 16.2. The highest BCUT2D eigenvalue weighted by Gasteiger charge is 2.20. The summed E-state index contributed by atoms with van der Waals surface area (Å²) in [6.45, 7) is 2.04. The van der Waals surface area contributed by atoms with Crippen molar-refractivity contribution in [2.75, 3.05) is 13.1 Å². The van der Waals surface area contributed by atoms with E-state index >= 15 is 0 Å². The second-order valence-electron chi connectivity index (χ2n) is 6.34. The fourth-order valence-electron chi connectivity index (χ4n) is 3.40. The average Bonchev–Trinajstić information content (AvgIpc) is 2.88. The Hall–Kier alpha value is -1.36. The van der Waals surface area contributed by atoms with E-state index in [0.29, 0.717) is 17.8 Å². The molecule has 0 radical (unpaired) electrons. The zero-order valence-corrected chi connectivity index (χ0v) is 12.7. The van der Waals surface area contributed by atoms with Crippen molar-refractivity contribution in [1.82, 2.24) is 20.4 Å². The van der Waals surface area contributed by atoms with Crippen LogP contribution in [0.4, 0.5) is 0 Å². The van der Waals surface area contributed by atoms with E-state index in [2.05, 4.69) is 15.7 Å². The summed E-state index contributed by atoms with van der Waals surface area (Å²) in [5.41, 5.74) is 0.560. The van der Waals surface area contributed by atoms with E-state index in [1.54, 1.807) is 0 Å². The zero-order chi connectivity index (χ0) is 14.5. The van der Waals surface area contributed by atoms with Gasteiger partial charge in [0.25, 0.3) is 5.91 Å². The number of hydrogen-bond acceptors (Lipinski definition) is 3. The van der Waals surface area contributed by atoms with Crippen molar-refractivity contribution in [2.45, 2.75) is 63.5 Å². The Bertz CT molecular complexity index is 457. The summed E-state index contributed by atoms with van der Waals surface area (Å²) < 4.78 is 1.95. The second-order valence-corrected chi connectivity index (χ2v) is 6.34. The number of carbonyl (C=O) groups is 1. The molecule has 1 aromatic heterocycles. The minimum absolute atomic E-state index is 0.00980. The SMILES string of the molecule is O=C(NC1CCCCCC1)c1ccn(C2CCCNC2)n1. The predicted octanol–water partition coefficient (Wildman–Crippen LogP) is 2.26. The van der Waals surface area contributed by atoms with Crippen LogP contribution in [0.1, 0.15) is 67.9 Å². The third kappa shape index (κ3) is 3.84. The summed E-state index contributed by atoms with van der Waals surface area (Å²) >= 11 is 0. The number of carbonyl (C=O) groups excluding carboxylic acids is 1. The molecular formula is C16H26N4O. The normalized spacial score (nSPS) is 24.5. The van der Waals surface area contributed by atoms with E-state index < -0.39 is 0 Å². The lowest BCUT2D eigenvalue weighted by molar-refractivity contribution is 0.0927. The molecular weight excluding hydrogens is 264 g/mol. The van der Waals surface area contributed by atoms with Crippen molar-refractivity contribution in [1.29, 1.82) is 0 Å². The molecule has 1 saturated heterocycles. The summed E-state index contributed by atoms with van der Waals surface area (Å²) in [5, 5.41) is 11.0. The van der Waals surface area contributed by atoms with Gasteiger partial charge < -0.3 is 10.6 Å². The molecule has 1 saturated carbocycles. The number of piperidine rings is 1. The molecule has 2 fully saturated rings. The summed E-state index contributed by atoms with van der Waals surface area (Å²) in [4.78, 5) is 12.3. The van der Waals surface area contributed by atoms with E-state index in [1.165, 1.54) is 32.1 Å². The van der Waals surface area contributed by atoms with Crippen LogP contribution >= 0.6 is 0 Å². The fourth-order valence-corrected chi connectivity index (χ4v) is 3.40. The molecule has 116 valence electrons. The first-order chi connectivity index (χ1) is 10.3. The first kappa shape index (κ1) is 14.6. The number of nitrogens with one attached hydrogen (secondary N) is 2. The Morgan fingerprint density at radius 2 is 2.00 bits per heavy atom. The summed E-state index contributed by atoms with van der Waals surface area (Å²) in [6, 6.07) is 2.57. The Labute approximate surface area is 126 Å². The minimum Gasteiger partial charge on any atom is -0.348 e. The van der Waals surface area contributed by atoms with Crippen LogP contribution in [0.3, 0.4) is 0 Å². The second kappa shape index (κ2) is 7.07. The van der Waals surface area contributed by atoms with Gasteiger partial charge >= 0.3 is 0 Å². The Morgan fingerprint density at radius 1 is 1.19 bits per heavy atom. The molecule has 3 rings (SSSR count). The van der Waals surface area contributed by atoms with E-state index in [1.807, 2.05) is 16.9 Å². The third-order valence-corrected chi connectivity index (χ3v) is 4.68. The third-order valence-electron chi connectivity index (χ3n) is 4.68. The van der Waals surface area contributed by atoms with Gasteiger partial charge in [0.2, 0.25) is 0 Å². The van der Waals surface area contributed by atoms with Crippen LogP contribution in [0.25, 0.3) is 0 Å². The number of rotatable bonds is 3. The van der Waals surface area contributed by atoms with Crippen LogP contribution in [0.15, 0.2) is 12.3 Å². The Morgan fingerprint density at radius 3 is 2.71 bits per heavy atom. The molecule has 1 amide bonds. The van der Waals surface area contributed by atoms with Gasteiger partial charge in [-0.3, -0.25) is 9.48 Å². The quantitative estimate of drug-likeness (QED) is 0.840. The van der Waals surface area contributed by atoms with Crippen molar-refractivity contribution in [3.63, 3.8) is 0 Å². The molecule has 2 N–H and O–H groups in total. The van der Waals surface area contributed by atoms with Gasteiger partial charge in [-0.25, -0.2) is 0 Å². The average molecular weight is 290 g/mol. The molecule has 0 spiro atoms. The maximum absolute atomic E-state index is 12.3. The molecule has 0 bridgehead atoms. The molecule has 5 heteroatoms. The smallest absolute Gasteiger partial charge is 0.271 e. The molecule has 1 unspecified atom stereocenters. The topological polar surface area (TPSA) is 59.0 Å². The van der Waals surface area contributed by atoms with Crippen LogP contribution in [-0.4, -0.2) is 34.8 Å². The van der Waals surface area contributed by atoms with Crippen molar-refractivity contribution in [3.05, 3.63) is 18.0 Å². The lowest BCUT2D eigenvalue weighted by Crippen LogP contribution is -2.35. The molecule has 21 heavy (non-hydrogen) atoms. The number of aromatic nitrogens is 2. The van der Waals surface area contributed by atoms with Crippen LogP contribution in [0.2, 0.25) is 0 Å². The largest absolute Gasteiger partial charge is 0.348 e. The number of hydrogen-bond donors (Lipinski definition) is 2. The molecule has 0 aromatic carbocycles. The van der Waals surface area contributed by atoms with Gasteiger partial charge in [0.05, 0.1) is 6.04 Å². The van der Waals surface area contributed by atoms with Gasteiger partial charge in [-0.1, -0.05) is 25.7 Å². The lowest BCUT2D eigenvalue weighted by Gasteiger charge is -2.23. The summed E-state index contributed by atoms with van der Waals surface area (Å²) in [6.07, 6.45) is 11.5.